The third kappa shape index (κ3) is 4.51. The Hall–Kier alpha value is -0.510. The van der Waals surface area contributed by atoms with Gasteiger partial charge < -0.3 is 10.4 Å². The Labute approximate surface area is 127 Å². The van der Waals surface area contributed by atoms with Gasteiger partial charge in [-0.3, -0.25) is 0 Å². The average Bonchev–Trinajstić information content (AvgIpc) is 2.70. The summed E-state index contributed by atoms with van der Waals surface area (Å²) in [7, 11) is 0. The van der Waals surface area contributed by atoms with E-state index in [1.165, 1.54) is 23.3 Å². The molecular formula is C17H27NOS. The van der Waals surface area contributed by atoms with Gasteiger partial charge in [-0.25, -0.2) is 0 Å². The maximum atomic E-state index is 10.7. The highest BCUT2D eigenvalue weighted by molar-refractivity contribution is 7.98. The molecule has 1 fully saturated rings. The second-order valence-electron chi connectivity index (χ2n) is 6.01. The molecule has 0 radical (unpaired) electrons. The molecule has 0 aromatic heterocycles. The minimum atomic E-state index is -0.496. The number of hydrogen-bond donors (Lipinski definition) is 2. The summed E-state index contributed by atoms with van der Waals surface area (Å²) < 4.78 is 0. The van der Waals surface area contributed by atoms with Crippen LogP contribution in [0.25, 0.3) is 0 Å². The monoisotopic (exact) mass is 293 g/mol. The minimum Gasteiger partial charge on any atom is -0.389 e. The molecule has 1 saturated carbocycles. The highest BCUT2D eigenvalue weighted by Gasteiger charge is 2.28. The van der Waals surface area contributed by atoms with E-state index in [2.05, 4.69) is 42.8 Å². The van der Waals surface area contributed by atoms with E-state index in [0.29, 0.717) is 6.54 Å². The Morgan fingerprint density at radius 1 is 1.15 bits per heavy atom. The average molecular weight is 293 g/mol. The van der Waals surface area contributed by atoms with Crippen molar-refractivity contribution in [2.45, 2.75) is 62.0 Å². The molecule has 2 rings (SSSR count). The van der Waals surface area contributed by atoms with Crippen molar-refractivity contribution in [1.82, 2.24) is 5.32 Å². The lowest BCUT2D eigenvalue weighted by molar-refractivity contribution is 0.0231. The van der Waals surface area contributed by atoms with Crippen LogP contribution in [0.15, 0.2) is 29.2 Å². The molecule has 1 atom stereocenters. The predicted molar refractivity (Wildman–Crippen MR) is 87.3 cm³/mol. The standard InChI is InChI=1S/C17H27NOS/c1-14(15-7-9-16(20-2)10-8-15)18-13-17(19)11-5-3-4-6-12-17/h7-10,14,18-19H,3-6,11-13H2,1-2H3. The molecule has 0 spiro atoms. The van der Waals surface area contributed by atoms with Crippen LogP contribution in [0.2, 0.25) is 0 Å². The highest BCUT2D eigenvalue weighted by atomic mass is 32.2. The van der Waals surface area contributed by atoms with Gasteiger partial charge in [-0.1, -0.05) is 37.8 Å². The molecule has 0 heterocycles. The number of thioether (sulfide) groups is 1. The summed E-state index contributed by atoms with van der Waals surface area (Å²) in [5, 5.41) is 14.2. The van der Waals surface area contributed by atoms with Gasteiger partial charge in [-0.2, -0.15) is 0 Å². The van der Waals surface area contributed by atoms with E-state index < -0.39 is 5.60 Å². The van der Waals surface area contributed by atoms with Crippen LogP contribution in [0.5, 0.6) is 0 Å². The van der Waals surface area contributed by atoms with Gasteiger partial charge in [0.15, 0.2) is 0 Å². The number of nitrogens with one attached hydrogen (secondary N) is 1. The lowest BCUT2D eigenvalue weighted by Gasteiger charge is -2.29. The molecule has 0 saturated heterocycles. The van der Waals surface area contributed by atoms with Crippen molar-refractivity contribution >= 4 is 11.8 Å². The van der Waals surface area contributed by atoms with Crippen molar-refractivity contribution in [2.24, 2.45) is 0 Å². The van der Waals surface area contributed by atoms with Crippen molar-refractivity contribution in [1.29, 1.82) is 0 Å². The number of benzene rings is 1. The Morgan fingerprint density at radius 3 is 2.30 bits per heavy atom. The largest absolute Gasteiger partial charge is 0.389 e. The van der Waals surface area contributed by atoms with Crippen molar-refractivity contribution < 1.29 is 5.11 Å². The fraction of sp³-hybridized carbons (Fsp3) is 0.647. The van der Waals surface area contributed by atoms with Gasteiger partial charge in [-0.15, -0.1) is 11.8 Å². The maximum absolute atomic E-state index is 10.7. The predicted octanol–water partition coefficient (Wildman–Crippen LogP) is 4.14. The third-order valence-electron chi connectivity index (χ3n) is 4.39. The van der Waals surface area contributed by atoms with Gasteiger partial charge in [0.2, 0.25) is 0 Å². The first kappa shape index (κ1) is 15.9. The van der Waals surface area contributed by atoms with Gasteiger partial charge in [0.1, 0.15) is 0 Å². The third-order valence-corrected chi connectivity index (χ3v) is 5.13. The van der Waals surface area contributed by atoms with E-state index in [0.717, 1.165) is 25.7 Å². The summed E-state index contributed by atoms with van der Waals surface area (Å²) in [6.07, 6.45) is 8.85. The zero-order chi connectivity index (χ0) is 14.4. The van der Waals surface area contributed by atoms with Gasteiger partial charge in [0, 0.05) is 17.5 Å². The Balaban J connectivity index is 1.88. The van der Waals surface area contributed by atoms with Crippen LogP contribution in [-0.4, -0.2) is 23.5 Å². The summed E-state index contributed by atoms with van der Waals surface area (Å²) >= 11 is 1.77. The molecule has 0 bridgehead atoms. The van der Waals surface area contributed by atoms with E-state index in [9.17, 15) is 5.11 Å². The van der Waals surface area contributed by atoms with Crippen molar-refractivity contribution in [2.75, 3.05) is 12.8 Å². The first-order chi connectivity index (χ1) is 9.63. The molecule has 112 valence electrons. The molecule has 2 nitrogen and oxygen atoms in total. The molecule has 1 aliphatic rings. The fourth-order valence-electron chi connectivity index (χ4n) is 2.92. The summed E-state index contributed by atoms with van der Waals surface area (Å²) in [6.45, 7) is 2.88. The fourth-order valence-corrected chi connectivity index (χ4v) is 3.33. The smallest absolute Gasteiger partial charge is 0.0771 e. The molecule has 1 aromatic carbocycles. The number of aliphatic hydroxyl groups is 1. The van der Waals surface area contributed by atoms with E-state index in [4.69, 9.17) is 0 Å². The van der Waals surface area contributed by atoms with Crippen LogP contribution in [0.4, 0.5) is 0 Å². The molecule has 1 aliphatic carbocycles. The molecule has 0 aliphatic heterocycles. The minimum absolute atomic E-state index is 0.290. The van der Waals surface area contributed by atoms with Crippen molar-refractivity contribution in [3.8, 4) is 0 Å². The maximum Gasteiger partial charge on any atom is 0.0771 e. The van der Waals surface area contributed by atoms with E-state index in [1.54, 1.807) is 11.8 Å². The highest BCUT2D eigenvalue weighted by Crippen LogP contribution is 2.27. The topological polar surface area (TPSA) is 32.3 Å². The molecular weight excluding hydrogens is 266 g/mol. The quantitative estimate of drug-likeness (QED) is 0.632. The van der Waals surface area contributed by atoms with Crippen molar-refractivity contribution in [3.05, 3.63) is 29.8 Å². The van der Waals surface area contributed by atoms with Gasteiger partial charge >= 0.3 is 0 Å². The van der Waals surface area contributed by atoms with Crippen LogP contribution in [0, 0.1) is 0 Å². The summed E-state index contributed by atoms with van der Waals surface area (Å²) in [6, 6.07) is 8.98. The first-order valence-electron chi connectivity index (χ1n) is 7.73. The second kappa shape index (κ2) is 7.48. The van der Waals surface area contributed by atoms with Gasteiger partial charge in [-0.05, 0) is 43.7 Å². The number of hydrogen-bond acceptors (Lipinski definition) is 3. The van der Waals surface area contributed by atoms with Crippen molar-refractivity contribution in [3.63, 3.8) is 0 Å². The van der Waals surface area contributed by atoms with Crippen LogP contribution >= 0.6 is 11.8 Å². The van der Waals surface area contributed by atoms with Crippen LogP contribution in [-0.2, 0) is 0 Å². The molecule has 20 heavy (non-hydrogen) atoms. The molecule has 1 unspecified atom stereocenters. The Morgan fingerprint density at radius 2 is 1.75 bits per heavy atom. The van der Waals surface area contributed by atoms with Crippen LogP contribution in [0.3, 0.4) is 0 Å². The Kier molecular flexibility index (Phi) is 5.94. The zero-order valence-electron chi connectivity index (χ0n) is 12.7. The SMILES string of the molecule is CSc1ccc(C(C)NCC2(O)CCCCCC2)cc1. The lowest BCUT2D eigenvalue weighted by Crippen LogP contribution is -2.41. The molecule has 2 N–H and O–H groups in total. The van der Waals surface area contributed by atoms with E-state index in [1.807, 2.05) is 0 Å². The van der Waals surface area contributed by atoms with Gasteiger partial charge in [0.05, 0.1) is 5.60 Å². The zero-order valence-corrected chi connectivity index (χ0v) is 13.5. The van der Waals surface area contributed by atoms with Gasteiger partial charge in [0.25, 0.3) is 0 Å². The summed E-state index contributed by atoms with van der Waals surface area (Å²) in [5.74, 6) is 0. The lowest BCUT2D eigenvalue weighted by atomic mass is 9.94. The molecule has 3 heteroatoms. The summed E-state index contributed by atoms with van der Waals surface area (Å²) in [4.78, 5) is 1.29. The second-order valence-corrected chi connectivity index (χ2v) is 6.89. The first-order valence-corrected chi connectivity index (χ1v) is 8.95. The van der Waals surface area contributed by atoms with E-state index >= 15 is 0 Å². The molecule has 0 amide bonds. The van der Waals surface area contributed by atoms with Crippen LogP contribution in [0.1, 0.15) is 57.1 Å². The summed E-state index contributed by atoms with van der Waals surface area (Å²) in [5.41, 5.74) is 0.796. The Bertz CT molecular complexity index is 396. The number of rotatable bonds is 5. The van der Waals surface area contributed by atoms with E-state index in [-0.39, 0.29) is 6.04 Å². The normalized spacial score (nSPS) is 20.4. The molecule has 1 aromatic rings. The van der Waals surface area contributed by atoms with Crippen LogP contribution < -0.4 is 5.32 Å².